The molecule has 0 fully saturated rings. The first-order valence-electron chi connectivity index (χ1n) is 10.7. The van der Waals surface area contributed by atoms with E-state index in [1.165, 1.54) is 12.5 Å². The van der Waals surface area contributed by atoms with E-state index in [0.717, 1.165) is 0 Å². The number of aliphatic imine (C=N–C) groups is 1. The number of imidazole rings is 1. The number of aromatic amines is 1. The monoisotopic (exact) mass is 496 g/mol. The number of carbonyl (C=O) groups excluding carboxylic acids is 4. The number of hydrogen-bond acceptors (Lipinski definition) is 8. The van der Waals surface area contributed by atoms with Gasteiger partial charge in [-0.3, -0.25) is 29.0 Å². The summed E-state index contributed by atoms with van der Waals surface area (Å²) in [6.07, 6.45) is 3.05. The summed E-state index contributed by atoms with van der Waals surface area (Å²) in [5.41, 5.74) is 22.0. The lowest BCUT2D eigenvalue weighted by Gasteiger charge is -2.23. The zero-order chi connectivity index (χ0) is 26.4. The fourth-order valence-electron chi connectivity index (χ4n) is 2.87. The number of rotatable bonds is 16. The van der Waals surface area contributed by atoms with Crippen molar-refractivity contribution in [3.05, 3.63) is 18.2 Å². The number of aliphatic carboxylic acids is 1. The number of nitrogens with zero attached hydrogens (tertiary/aromatic N) is 2. The molecule has 0 spiro atoms. The molecule has 35 heavy (non-hydrogen) atoms. The first kappa shape index (κ1) is 28.8. The van der Waals surface area contributed by atoms with E-state index in [9.17, 15) is 24.0 Å². The van der Waals surface area contributed by atoms with Gasteiger partial charge in [-0.05, 0) is 19.3 Å². The van der Waals surface area contributed by atoms with Crippen LogP contribution in [0.1, 0.15) is 31.4 Å². The normalized spacial score (nSPS) is 13.1. The second kappa shape index (κ2) is 14.8. The van der Waals surface area contributed by atoms with Crippen LogP contribution in [0.15, 0.2) is 17.5 Å². The zero-order valence-corrected chi connectivity index (χ0v) is 19.0. The van der Waals surface area contributed by atoms with Crippen LogP contribution in [0.25, 0.3) is 0 Å². The zero-order valence-electron chi connectivity index (χ0n) is 19.0. The van der Waals surface area contributed by atoms with Crippen LogP contribution in [0, 0.1) is 0 Å². The fraction of sp³-hybridized carbons (Fsp3) is 0.526. The van der Waals surface area contributed by atoms with Crippen LogP contribution in [0.4, 0.5) is 0 Å². The number of primary amides is 1. The fourth-order valence-corrected chi connectivity index (χ4v) is 2.87. The van der Waals surface area contributed by atoms with Crippen molar-refractivity contribution in [3.8, 4) is 0 Å². The largest absolute Gasteiger partial charge is 0.480 e. The molecule has 194 valence electrons. The summed E-state index contributed by atoms with van der Waals surface area (Å²) in [5, 5.41) is 15.9. The Morgan fingerprint density at radius 3 is 2.29 bits per heavy atom. The van der Waals surface area contributed by atoms with E-state index >= 15 is 0 Å². The highest BCUT2D eigenvalue weighted by Crippen LogP contribution is 2.04. The molecule has 0 aliphatic carbocycles. The topological polar surface area (TPSA) is 287 Å². The van der Waals surface area contributed by atoms with Gasteiger partial charge in [-0.15, -0.1) is 0 Å². The Labute approximate surface area is 200 Å². The lowest BCUT2D eigenvalue weighted by Crippen LogP contribution is -2.56. The van der Waals surface area contributed by atoms with Crippen molar-refractivity contribution in [2.75, 3.05) is 13.1 Å². The maximum atomic E-state index is 13.0. The van der Waals surface area contributed by atoms with Crippen LogP contribution >= 0.6 is 0 Å². The quantitative estimate of drug-likeness (QED) is 0.0603. The van der Waals surface area contributed by atoms with Crippen molar-refractivity contribution in [1.29, 1.82) is 0 Å². The molecule has 16 heteroatoms. The van der Waals surface area contributed by atoms with Crippen LogP contribution in [0.3, 0.4) is 0 Å². The van der Waals surface area contributed by atoms with Gasteiger partial charge in [0, 0.05) is 31.3 Å². The summed E-state index contributed by atoms with van der Waals surface area (Å²) in [4.78, 5) is 70.4. The molecular weight excluding hydrogens is 464 g/mol. The smallest absolute Gasteiger partial charge is 0.322 e. The highest BCUT2D eigenvalue weighted by Gasteiger charge is 2.29. The van der Waals surface area contributed by atoms with Crippen LogP contribution in [-0.4, -0.2) is 81.8 Å². The molecule has 3 atom stereocenters. The van der Waals surface area contributed by atoms with Gasteiger partial charge in [0.1, 0.15) is 18.6 Å². The molecule has 1 aromatic heterocycles. The SMILES string of the molecule is NC(=O)CCC(NC(=O)C(Cc1cnc[nH]1)NC(=O)C(N)CCCN=C(N)N)C(=O)NCC(=O)O. The molecule has 0 saturated heterocycles. The van der Waals surface area contributed by atoms with E-state index < -0.39 is 54.3 Å². The maximum Gasteiger partial charge on any atom is 0.322 e. The number of hydrogen-bond donors (Lipinski definition) is 9. The Bertz CT molecular complexity index is 900. The van der Waals surface area contributed by atoms with Crippen molar-refractivity contribution >= 4 is 35.6 Å². The Morgan fingerprint density at radius 2 is 1.71 bits per heavy atom. The van der Waals surface area contributed by atoms with Gasteiger partial charge in [-0.1, -0.05) is 0 Å². The molecule has 0 bridgehead atoms. The molecular formula is C19H32N10O6. The number of nitrogens with one attached hydrogen (secondary N) is 4. The first-order valence-corrected chi connectivity index (χ1v) is 10.7. The van der Waals surface area contributed by atoms with Gasteiger partial charge in [0.2, 0.25) is 23.6 Å². The number of carboxylic acid groups (broad SMARTS) is 1. The highest BCUT2D eigenvalue weighted by atomic mass is 16.4. The third-order valence-corrected chi connectivity index (χ3v) is 4.64. The molecule has 16 nitrogen and oxygen atoms in total. The van der Waals surface area contributed by atoms with E-state index in [0.29, 0.717) is 12.1 Å². The molecule has 1 aromatic rings. The number of amides is 4. The van der Waals surface area contributed by atoms with Crippen molar-refractivity contribution in [2.45, 2.75) is 50.2 Å². The van der Waals surface area contributed by atoms with Crippen LogP contribution in [-0.2, 0) is 30.4 Å². The molecule has 13 N–H and O–H groups in total. The van der Waals surface area contributed by atoms with E-state index in [1.54, 1.807) is 0 Å². The Balaban J connectivity index is 2.91. The number of nitrogens with two attached hydrogens (primary N) is 4. The predicted molar refractivity (Wildman–Crippen MR) is 123 cm³/mol. The third-order valence-electron chi connectivity index (χ3n) is 4.64. The molecule has 3 unspecified atom stereocenters. The van der Waals surface area contributed by atoms with Gasteiger partial charge in [-0.2, -0.15) is 0 Å². The predicted octanol–water partition coefficient (Wildman–Crippen LogP) is -4.23. The van der Waals surface area contributed by atoms with E-state index in [4.69, 9.17) is 28.0 Å². The lowest BCUT2D eigenvalue weighted by molar-refractivity contribution is -0.138. The molecule has 0 aromatic carbocycles. The Hall–Kier alpha value is -4.21. The molecule has 0 aliphatic rings. The number of carboxylic acids is 1. The molecule has 0 aliphatic heterocycles. The third kappa shape index (κ3) is 12.0. The number of carbonyl (C=O) groups is 5. The lowest BCUT2D eigenvalue weighted by atomic mass is 10.1. The van der Waals surface area contributed by atoms with E-state index in [1.807, 2.05) is 0 Å². The van der Waals surface area contributed by atoms with Crippen molar-refractivity contribution in [3.63, 3.8) is 0 Å². The van der Waals surface area contributed by atoms with Crippen molar-refractivity contribution < 1.29 is 29.1 Å². The minimum Gasteiger partial charge on any atom is -0.480 e. The van der Waals surface area contributed by atoms with Gasteiger partial charge >= 0.3 is 5.97 Å². The molecule has 1 rings (SSSR count). The average Bonchev–Trinajstić information content (AvgIpc) is 3.29. The summed E-state index contributed by atoms with van der Waals surface area (Å²) in [5.74, 6) is -4.32. The first-order chi connectivity index (χ1) is 16.5. The number of aromatic nitrogens is 2. The standard InChI is InChI=1S/C19H32N10O6/c20-11(2-1-5-25-19(22)23)16(33)29-13(6-10-7-24-9-27-10)18(35)28-12(3-4-14(21)30)17(34)26-8-15(31)32/h7,9,11-13H,1-6,8,20H2,(H2,21,30)(H,24,27)(H,26,34)(H,28,35)(H,29,33)(H,31,32)(H4,22,23,25). The van der Waals surface area contributed by atoms with Crippen LogP contribution < -0.4 is 38.9 Å². The maximum absolute atomic E-state index is 13.0. The summed E-state index contributed by atoms with van der Waals surface area (Å²) >= 11 is 0. The van der Waals surface area contributed by atoms with Crippen LogP contribution in [0.5, 0.6) is 0 Å². The molecule has 0 saturated carbocycles. The second-order valence-corrected chi connectivity index (χ2v) is 7.58. The summed E-state index contributed by atoms with van der Waals surface area (Å²) in [7, 11) is 0. The van der Waals surface area contributed by atoms with Gasteiger partial charge in [0.25, 0.3) is 0 Å². The summed E-state index contributed by atoms with van der Waals surface area (Å²) in [6.45, 7) is -0.418. The second-order valence-electron chi connectivity index (χ2n) is 7.58. The van der Waals surface area contributed by atoms with Crippen molar-refractivity contribution in [2.24, 2.45) is 27.9 Å². The Kier molecular flexibility index (Phi) is 12.2. The number of H-pyrrole nitrogens is 1. The average molecular weight is 497 g/mol. The molecule has 1 heterocycles. The minimum absolute atomic E-state index is 0.0163. The van der Waals surface area contributed by atoms with Gasteiger partial charge < -0.3 is 49.0 Å². The number of guanidine groups is 1. The van der Waals surface area contributed by atoms with Gasteiger partial charge in [0.05, 0.1) is 12.4 Å². The van der Waals surface area contributed by atoms with Gasteiger partial charge in [-0.25, -0.2) is 4.98 Å². The van der Waals surface area contributed by atoms with Gasteiger partial charge in [0.15, 0.2) is 5.96 Å². The molecule has 0 radical (unpaired) electrons. The summed E-state index contributed by atoms with van der Waals surface area (Å²) in [6, 6.07) is -3.41. The Morgan fingerprint density at radius 1 is 1.03 bits per heavy atom. The summed E-state index contributed by atoms with van der Waals surface area (Å²) < 4.78 is 0. The minimum atomic E-state index is -1.29. The van der Waals surface area contributed by atoms with Crippen LogP contribution in [0.2, 0.25) is 0 Å². The highest BCUT2D eigenvalue weighted by molar-refractivity contribution is 5.94. The van der Waals surface area contributed by atoms with E-state index in [-0.39, 0.29) is 38.2 Å². The van der Waals surface area contributed by atoms with E-state index in [2.05, 4.69) is 30.9 Å². The molecule has 4 amide bonds. The van der Waals surface area contributed by atoms with Crippen molar-refractivity contribution in [1.82, 2.24) is 25.9 Å².